The van der Waals surface area contributed by atoms with Crippen LogP contribution in [-0.2, 0) is 0 Å². The van der Waals surface area contributed by atoms with Gasteiger partial charge in [-0.2, -0.15) is 0 Å². The van der Waals surface area contributed by atoms with E-state index in [0.717, 1.165) is 28.6 Å². The molecule has 0 atom stereocenters. The van der Waals surface area contributed by atoms with Crippen LogP contribution in [0, 0.1) is 28.6 Å². The molecule has 0 N–H and O–H groups in total. The Morgan fingerprint density at radius 2 is 0.905 bits per heavy atom. The van der Waals surface area contributed by atoms with Crippen molar-refractivity contribution >= 4 is 0 Å². The van der Waals surface area contributed by atoms with Crippen molar-refractivity contribution in [3.05, 3.63) is 0 Å². The zero-order chi connectivity index (χ0) is 14.3. The van der Waals surface area contributed by atoms with E-state index < -0.39 is 0 Å². The van der Waals surface area contributed by atoms with E-state index in [1.54, 1.807) is 77.0 Å². The Labute approximate surface area is 132 Å². The molecule has 0 spiro atoms. The second kappa shape index (κ2) is 5.57. The normalized spacial score (nSPS) is 39.3. The van der Waals surface area contributed by atoms with Gasteiger partial charge in [-0.1, -0.05) is 51.9 Å². The lowest BCUT2D eigenvalue weighted by Gasteiger charge is -2.58. The summed E-state index contributed by atoms with van der Waals surface area (Å²) in [4.78, 5) is 0. The van der Waals surface area contributed by atoms with Crippen molar-refractivity contribution in [2.75, 3.05) is 0 Å². The van der Waals surface area contributed by atoms with Crippen molar-refractivity contribution < 1.29 is 0 Å². The highest BCUT2D eigenvalue weighted by Crippen LogP contribution is 2.70. The van der Waals surface area contributed by atoms with Crippen molar-refractivity contribution in [2.45, 2.75) is 103 Å². The van der Waals surface area contributed by atoms with E-state index in [2.05, 4.69) is 6.92 Å². The number of hydrogen-bond donors (Lipinski definition) is 0. The van der Waals surface area contributed by atoms with Crippen LogP contribution in [0.2, 0.25) is 0 Å². The summed E-state index contributed by atoms with van der Waals surface area (Å²) < 4.78 is 0. The van der Waals surface area contributed by atoms with Gasteiger partial charge in [0.05, 0.1) is 0 Å². The van der Waals surface area contributed by atoms with E-state index in [1.807, 2.05) is 0 Å². The molecule has 0 aromatic heterocycles. The zero-order valence-electron chi connectivity index (χ0n) is 14.3. The average Bonchev–Trinajstić information content (AvgIpc) is 3.26. The first kappa shape index (κ1) is 14.6. The maximum atomic E-state index is 2.50. The molecule has 4 aliphatic carbocycles. The van der Waals surface area contributed by atoms with Gasteiger partial charge in [-0.15, -0.1) is 0 Å². The molecule has 4 aliphatic rings. The van der Waals surface area contributed by atoms with Gasteiger partial charge in [0.1, 0.15) is 0 Å². The molecule has 4 rings (SSSR count). The van der Waals surface area contributed by atoms with Crippen LogP contribution in [0.1, 0.15) is 103 Å². The largest absolute Gasteiger partial charge is 0.0625 e. The van der Waals surface area contributed by atoms with E-state index in [0.29, 0.717) is 0 Å². The molecule has 4 fully saturated rings. The Morgan fingerprint density at radius 3 is 1.33 bits per heavy atom. The molecule has 0 unspecified atom stereocenters. The van der Waals surface area contributed by atoms with Gasteiger partial charge in [0.25, 0.3) is 0 Å². The lowest BCUT2D eigenvalue weighted by atomic mass is 9.47. The molecule has 0 aromatic rings. The smallest absolute Gasteiger partial charge is 0.0210 e. The maximum absolute atomic E-state index is 2.50. The molecule has 0 heterocycles. The highest BCUT2D eigenvalue weighted by atomic mass is 14.7. The standard InChI is InChI=1S/C21H36/c1-17-7-9-18(10-8-17)20(13-3-2-4-14-20)21(19-11-12-19)15-5-6-16-21/h17-19H,2-16H2,1H3. The van der Waals surface area contributed by atoms with Crippen LogP contribution in [0.3, 0.4) is 0 Å². The topological polar surface area (TPSA) is 0 Å². The third kappa shape index (κ3) is 2.31. The third-order valence-electron chi connectivity index (χ3n) is 8.39. The van der Waals surface area contributed by atoms with Crippen LogP contribution in [0.25, 0.3) is 0 Å². The summed E-state index contributed by atoms with van der Waals surface area (Å²) in [6, 6.07) is 0. The van der Waals surface area contributed by atoms with E-state index in [1.165, 1.54) is 19.3 Å². The summed E-state index contributed by atoms with van der Waals surface area (Å²) in [5, 5.41) is 0. The van der Waals surface area contributed by atoms with Crippen LogP contribution in [0.5, 0.6) is 0 Å². The first-order valence-electron chi connectivity index (χ1n) is 10.3. The van der Waals surface area contributed by atoms with Gasteiger partial charge in [0.15, 0.2) is 0 Å². The molecule has 21 heavy (non-hydrogen) atoms. The molecular weight excluding hydrogens is 252 g/mol. The maximum Gasteiger partial charge on any atom is -0.0210 e. The molecular formula is C21H36. The molecule has 0 amide bonds. The molecule has 0 radical (unpaired) electrons. The molecule has 0 saturated heterocycles. The van der Waals surface area contributed by atoms with Gasteiger partial charge in [0, 0.05) is 0 Å². The fourth-order valence-corrected chi connectivity index (χ4v) is 7.26. The summed E-state index contributed by atoms with van der Waals surface area (Å²) in [6.45, 7) is 2.50. The van der Waals surface area contributed by atoms with E-state index >= 15 is 0 Å². The van der Waals surface area contributed by atoms with Gasteiger partial charge in [0.2, 0.25) is 0 Å². The Kier molecular flexibility index (Phi) is 3.87. The van der Waals surface area contributed by atoms with Gasteiger partial charge in [-0.25, -0.2) is 0 Å². The monoisotopic (exact) mass is 288 g/mol. The molecule has 0 bridgehead atoms. The Balaban J connectivity index is 1.66. The first-order valence-corrected chi connectivity index (χ1v) is 10.3. The van der Waals surface area contributed by atoms with Gasteiger partial charge < -0.3 is 0 Å². The second-order valence-electron chi connectivity index (χ2n) is 9.31. The predicted octanol–water partition coefficient (Wildman–Crippen LogP) is 6.73. The zero-order valence-corrected chi connectivity index (χ0v) is 14.3. The molecule has 0 heteroatoms. The van der Waals surface area contributed by atoms with Crippen LogP contribution in [0.4, 0.5) is 0 Å². The van der Waals surface area contributed by atoms with Crippen molar-refractivity contribution in [1.82, 2.24) is 0 Å². The Bertz CT molecular complexity index is 344. The fourth-order valence-electron chi connectivity index (χ4n) is 7.26. The summed E-state index contributed by atoms with van der Waals surface area (Å²) in [5.74, 6) is 3.27. The minimum atomic E-state index is 0.795. The lowest BCUT2D eigenvalue weighted by molar-refractivity contribution is -0.0841. The fraction of sp³-hybridized carbons (Fsp3) is 1.00. The highest BCUT2D eigenvalue weighted by molar-refractivity contribution is 5.11. The molecule has 4 saturated carbocycles. The minimum Gasteiger partial charge on any atom is -0.0625 e. The minimum absolute atomic E-state index is 0.795. The average molecular weight is 289 g/mol. The summed E-state index contributed by atoms with van der Waals surface area (Å²) in [6.07, 6.45) is 23.6. The summed E-state index contributed by atoms with van der Waals surface area (Å²) in [5.41, 5.74) is 1.61. The van der Waals surface area contributed by atoms with E-state index in [4.69, 9.17) is 0 Å². The summed E-state index contributed by atoms with van der Waals surface area (Å²) >= 11 is 0. The molecule has 0 aromatic carbocycles. The SMILES string of the molecule is CC1CCC(C2(C3(C4CC4)CCCC3)CCCCC2)CC1. The third-order valence-corrected chi connectivity index (χ3v) is 8.39. The number of rotatable bonds is 3. The van der Waals surface area contributed by atoms with Crippen molar-refractivity contribution in [1.29, 1.82) is 0 Å². The summed E-state index contributed by atoms with van der Waals surface area (Å²) in [7, 11) is 0. The predicted molar refractivity (Wildman–Crippen MR) is 90.3 cm³/mol. The van der Waals surface area contributed by atoms with Crippen molar-refractivity contribution in [2.24, 2.45) is 28.6 Å². The Morgan fingerprint density at radius 1 is 0.524 bits per heavy atom. The highest BCUT2D eigenvalue weighted by Gasteiger charge is 2.61. The lowest BCUT2D eigenvalue weighted by Crippen LogP contribution is -2.49. The van der Waals surface area contributed by atoms with Crippen molar-refractivity contribution in [3.8, 4) is 0 Å². The van der Waals surface area contributed by atoms with Gasteiger partial charge >= 0.3 is 0 Å². The van der Waals surface area contributed by atoms with Gasteiger partial charge in [-0.3, -0.25) is 0 Å². The van der Waals surface area contributed by atoms with Gasteiger partial charge in [-0.05, 0) is 80.0 Å². The van der Waals surface area contributed by atoms with Crippen LogP contribution in [0.15, 0.2) is 0 Å². The first-order chi connectivity index (χ1) is 10.3. The van der Waals surface area contributed by atoms with Crippen LogP contribution >= 0.6 is 0 Å². The van der Waals surface area contributed by atoms with E-state index in [-0.39, 0.29) is 0 Å². The number of hydrogen-bond acceptors (Lipinski definition) is 0. The molecule has 0 aliphatic heterocycles. The Hall–Kier alpha value is 0. The van der Waals surface area contributed by atoms with Crippen molar-refractivity contribution in [3.63, 3.8) is 0 Å². The second-order valence-corrected chi connectivity index (χ2v) is 9.31. The van der Waals surface area contributed by atoms with E-state index in [9.17, 15) is 0 Å². The quantitative estimate of drug-likeness (QED) is 0.540. The molecule has 120 valence electrons. The molecule has 0 nitrogen and oxygen atoms in total. The van der Waals surface area contributed by atoms with Crippen LogP contribution in [-0.4, -0.2) is 0 Å². The van der Waals surface area contributed by atoms with Crippen LogP contribution < -0.4 is 0 Å².